The van der Waals surface area contributed by atoms with Crippen molar-refractivity contribution in [3.63, 3.8) is 0 Å². The molecule has 0 amide bonds. The van der Waals surface area contributed by atoms with Gasteiger partial charge in [0.1, 0.15) is 0 Å². The highest BCUT2D eigenvalue weighted by Crippen LogP contribution is 2.09. The van der Waals surface area contributed by atoms with Gasteiger partial charge in [-0.1, -0.05) is 13.3 Å². The minimum Gasteiger partial charge on any atom is -0.385 e. The molecule has 0 aromatic heterocycles. The number of nitrogens with one attached hydrogen (secondary N) is 1. The van der Waals surface area contributed by atoms with Crippen molar-refractivity contribution in [3.8, 4) is 0 Å². The predicted octanol–water partition coefficient (Wildman–Crippen LogP) is 0.903. The Hall–Kier alpha value is -0.120. The van der Waals surface area contributed by atoms with Crippen LogP contribution >= 0.6 is 0 Å². The van der Waals surface area contributed by atoms with Crippen LogP contribution < -0.4 is 11.3 Å². The molecule has 3 nitrogen and oxygen atoms in total. The molecule has 0 rings (SSSR count). The standard InChI is InChI=1S/C8H20N2O/c1-3-4-8(7-10-9)5-6-11-2/h8,10H,3-7,9H2,1-2H3/t8-/m1/s1. The Balaban J connectivity index is 3.34. The topological polar surface area (TPSA) is 47.3 Å². The monoisotopic (exact) mass is 160 g/mol. The molecule has 0 aliphatic rings. The van der Waals surface area contributed by atoms with Crippen molar-refractivity contribution in [1.29, 1.82) is 0 Å². The molecule has 68 valence electrons. The van der Waals surface area contributed by atoms with Crippen molar-refractivity contribution in [2.24, 2.45) is 11.8 Å². The van der Waals surface area contributed by atoms with Crippen LogP contribution in [0.5, 0.6) is 0 Å². The molecule has 0 spiro atoms. The second kappa shape index (κ2) is 7.98. The zero-order chi connectivity index (χ0) is 8.53. The lowest BCUT2D eigenvalue weighted by Crippen LogP contribution is -2.29. The lowest BCUT2D eigenvalue weighted by atomic mass is 10.0. The Morgan fingerprint density at radius 3 is 2.64 bits per heavy atom. The largest absolute Gasteiger partial charge is 0.385 e. The molecule has 1 atom stereocenters. The number of hydrazine groups is 1. The van der Waals surface area contributed by atoms with Gasteiger partial charge in [-0.25, -0.2) is 0 Å². The summed E-state index contributed by atoms with van der Waals surface area (Å²) in [4.78, 5) is 0. The summed E-state index contributed by atoms with van der Waals surface area (Å²) in [6.07, 6.45) is 3.55. The lowest BCUT2D eigenvalue weighted by molar-refractivity contribution is 0.174. The fraction of sp³-hybridized carbons (Fsp3) is 1.00. The van der Waals surface area contributed by atoms with Crippen molar-refractivity contribution in [2.75, 3.05) is 20.3 Å². The molecule has 0 aromatic rings. The maximum Gasteiger partial charge on any atom is 0.0465 e. The first-order valence-electron chi connectivity index (χ1n) is 4.27. The van der Waals surface area contributed by atoms with Crippen molar-refractivity contribution in [2.45, 2.75) is 26.2 Å². The first-order valence-corrected chi connectivity index (χ1v) is 4.27. The van der Waals surface area contributed by atoms with Gasteiger partial charge in [-0.3, -0.25) is 11.3 Å². The highest BCUT2D eigenvalue weighted by molar-refractivity contribution is 4.59. The van der Waals surface area contributed by atoms with E-state index < -0.39 is 0 Å². The van der Waals surface area contributed by atoms with E-state index in [9.17, 15) is 0 Å². The van der Waals surface area contributed by atoms with Crippen LogP contribution in [0, 0.1) is 5.92 Å². The predicted molar refractivity (Wildman–Crippen MR) is 47.1 cm³/mol. The molecule has 3 heteroatoms. The molecule has 0 aliphatic carbocycles. The molecule has 0 radical (unpaired) electrons. The number of nitrogens with two attached hydrogens (primary N) is 1. The molecule has 0 saturated heterocycles. The fourth-order valence-corrected chi connectivity index (χ4v) is 1.21. The number of ether oxygens (including phenoxy) is 1. The summed E-state index contributed by atoms with van der Waals surface area (Å²) in [6, 6.07) is 0. The van der Waals surface area contributed by atoms with Gasteiger partial charge in [0.05, 0.1) is 0 Å². The Labute approximate surface area is 69.3 Å². The average molecular weight is 160 g/mol. The summed E-state index contributed by atoms with van der Waals surface area (Å²) >= 11 is 0. The molecule has 0 unspecified atom stereocenters. The van der Waals surface area contributed by atoms with Crippen LogP contribution in [0.2, 0.25) is 0 Å². The van der Waals surface area contributed by atoms with E-state index in [0.29, 0.717) is 5.92 Å². The van der Waals surface area contributed by atoms with E-state index in [1.165, 1.54) is 12.8 Å². The van der Waals surface area contributed by atoms with Gasteiger partial charge >= 0.3 is 0 Å². The number of methoxy groups -OCH3 is 1. The number of hydrogen-bond donors (Lipinski definition) is 2. The SMILES string of the molecule is CCC[C@H](CCOC)CNN. The first kappa shape index (κ1) is 10.9. The average Bonchev–Trinajstić information content (AvgIpc) is 2.01. The zero-order valence-corrected chi connectivity index (χ0v) is 7.60. The molecule has 3 N–H and O–H groups in total. The van der Waals surface area contributed by atoms with Gasteiger partial charge in [0.15, 0.2) is 0 Å². The maximum absolute atomic E-state index is 5.24. The highest BCUT2D eigenvalue weighted by Gasteiger charge is 2.05. The maximum atomic E-state index is 5.24. The van der Waals surface area contributed by atoms with Crippen molar-refractivity contribution < 1.29 is 4.74 Å². The van der Waals surface area contributed by atoms with Gasteiger partial charge in [-0.2, -0.15) is 0 Å². The van der Waals surface area contributed by atoms with Crippen molar-refractivity contribution in [1.82, 2.24) is 5.43 Å². The lowest BCUT2D eigenvalue weighted by Gasteiger charge is -2.14. The normalized spacial score (nSPS) is 13.4. The van der Waals surface area contributed by atoms with Crippen LogP contribution in [0.1, 0.15) is 26.2 Å². The summed E-state index contributed by atoms with van der Waals surface area (Å²) in [5.74, 6) is 5.91. The van der Waals surface area contributed by atoms with Gasteiger partial charge in [0, 0.05) is 20.3 Å². The van der Waals surface area contributed by atoms with Gasteiger partial charge in [0.25, 0.3) is 0 Å². The highest BCUT2D eigenvalue weighted by atomic mass is 16.5. The summed E-state index contributed by atoms with van der Waals surface area (Å²) in [7, 11) is 1.74. The van der Waals surface area contributed by atoms with Gasteiger partial charge in [0.2, 0.25) is 0 Å². The van der Waals surface area contributed by atoms with Gasteiger partial charge < -0.3 is 4.74 Å². The molecule has 11 heavy (non-hydrogen) atoms. The van der Waals surface area contributed by atoms with E-state index in [2.05, 4.69) is 12.3 Å². The molecular formula is C8H20N2O. The number of rotatable bonds is 7. The van der Waals surface area contributed by atoms with Gasteiger partial charge in [-0.15, -0.1) is 0 Å². The van der Waals surface area contributed by atoms with E-state index in [0.717, 1.165) is 19.6 Å². The molecular weight excluding hydrogens is 140 g/mol. The quantitative estimate of drug-likeness (QED) is 0.430. The summed E-state index contributed by atoms with van der Waals surface area (Å²) in [6.45, 7) is 3.93. The summed E-state index contributed by atoms with van der Waals surface area (Å²) < 4.78 is 5.00. The zero-order valence-electron chi connectivity index (χ0n) is 7.60. The third-order valence-corrected chi connectivity index (χ3v) is 1.83. The number of hydrogen-bond acceptors (Lipinski definition) is 3. The van der Waals surface area contributed by atoms with E-state index >= 15 is 0 Å². The van der Waals surface area contributed by atoms with Crippen LogP contribution in [0.25, 0.3) is 0 Å². The Bertz CT molecular complexity index is 72.5. The minimum atomic E-state index is 0.671. The molecule has 0 fully saturated rings. The van der Waals surface area contributed by atoms with E-state index in [4.69, 9.17) is 10.6 Å². The molecule has 0 bridgehead atoms. The Kier molecular flexibility index (Phi) is 7.89. The van der Waals surface area contributed by atoms with Gasteiger partial charge in [-0.05, 0) is 18.8 Å². The van der Waals surface area contributed by atoms with Crippen LogP contribution in [0.3, 0.4) is 0 Å². The third-order valence-electron chi connectivity index (χ3n) is 1.83. The van der Waals surface area contributed by atoms with Crippen LogP contribution in [0.4, 0.5) is 0 Å². The molecule has 0 aliphatic heterocycles. The van der Waals surface area contributed by atoms with Crippen LogP contribution in [0.15, 0.2) is 0 Å². The smallest absolute Gasteiger partial charge is 0.0465 e. The second-order valence-electron chi connectivity index (χ2n) is 2.84. The van der Waals surface area contributed by atoms with E-state index in [-0.39, 0.29) is 0 Å². The van der Waals surface area contributed by atoms with E-state index in [1.54, 1.807) is 7.11 Å². The summed E-state index contributed by atoms with van der Waals surface area (Å²) in [5.41, 5.74) is 2.71. The third kappa shape index (κ3) is 6.28. The van der Waals surface area contributed by atoms with Crippen LogP contribution in [-0.2, 0) is 4.74 Å². The summed E-state index contributed by atoms with van der Waals surface area (Å²) in [5, 5.41) is 0. The van der Waals surface area contributed by atoms with Crippen molar-refractivity contribution >= 4 is 0 Å². The van der Waals surface area contributed by atoms with E-state index in [1.807, 2.05) is 0 Å². The minimum absolute atomic E-state index is 0.671. The van der Waals surface area contributed by atoms with Crippen molar-refractivity contribution in [3.05, 3.63) is 0 Å². The molecule has 0 saturated carbocycles. The Morgan fingerprint density at radius 1 is 1.45 bits per heavy atom. The second-order valence-corrected chi connectivity index (χ2v) is 2.84. The molecule has 0 heterocycles. The molecule has 0 aromatic carbocycles. The van der Waals surface area contributed by atoms with Crippen LogP contribution in [-0.4, -0.2) is 20.3 Å². The fourth-order valence-electron chi connectivity index (χ4n) is 1.21. The first-order chi connectivity index (χ1) is 5.35. The Morgan fingerprint density at radius 2 is 2.18 bits per heavy atom.